The molecule has 21 heavy (non-hydrogen) atoms. The number of rotatable bonds is 1. The van der Waals surface area contributed by atoms with Crippen molar-refractivity contribution in [3.8, 4) is 0 Å². The maximum atomic E-state index is 13.8. The third kappa shape index (κ3) is 2.55. The smallest absolute Gasteiger partial charge is 0.284 e. The van der Waals surface area contributed by atoms with Crippen molar-refractivity contribution in [3.63, 3.8) is 0 Å². The van der Waals surface area contributed by atoms with Crippen LogP contribution in [0.15, 0.2) is 47.5 Å². The van der Waals surface area contributed by atoms with Crippen LogP contribution < -0.4 is 0 Å². The molecule has 1 heterocycles. The SMILES string of the molecule is Fc1cccc2c1CCN=C2c1ccc(C(F)(F)F)cc1. The van der Waals surface area contributed by atoms with E-state index in [-0.39, 0.29) is 5.82 Å². The van der Waals surface area contributed by atoms with Gasteiger partial charge in [0.1, 0.15) is 5.82 Å². The van der Waals surface area contributed by atoms with Crippen molar-refractivity contribution >= 4 is 5.71 Å². The number of fused-ring (bicyclic) bond motifs is 1. The number of nitrogens with zero attached hydrogens (tertiary/aromatic N) is 1. The molecule has 0 radical (unpaired) electrons. The highest BCUT2D eigenvalue weighted by Gasteiger charge is 2.30. The maximum Gasteiger partial charge on any atom is 0.416 e. The van der Waals surface area contributed by atoms with E-state index in [0.29, 0.717) is 35.4 Å². The largest absolute Gasteiger partial charge is 0.416 e. The lowest BCUT2D eigenvalue weighted by atomic mass is 9.92. The van der Waals surface area contributed by atoms with Gasteiger partial charge in [0.25, 0.3) is 0 Å². The predicted octanol–water partition coefficient (Wildman–Crippen LogP) is 4.24. The summed E-state index contributed by atoms with van der Waals surface area (Å²) in [6.45, 7) is 0.435. The van der Waals surface area contributed by atoms with Crippen molar-refractivity contribution in [2.24, 2.45) is 4.99 Å². The minimum atomic E-state index is -4.36. The average molecular weight is 293 g/mol. The Kier molecular flexibility index (Phi) is 3.27. The van der Waals surface area contributed by atoms with E-state index in [4.69, 9.17) is 0 Å². The first-order valence-corrected chi connectivity index (χ1v) is 6.46. The Morgan fingerprint density at radius 1 is 0.952 bits per heavy atom. The summed E-state index contributed by atoms with van der Waals surface area (Å²) in [6.07, 6.45) is -3.86. The van der Waals surface area contributed by atoms with Gasteiger partial charge in [-0.2, -0.15) is 13.2 Å². The monoisotopic (exact) mass is 293 g/mol. The Hall–Kier alpha value is -2.17. The number of alkyl halides is 3. The van der Waals surface area contributed by atoms with Gasteiger partial charge in [-0.3, -0.25) is 4.99 Å². The molecule has 0 bridgehead atoms. The van der Waals surface area contributed by atoms with Crippen molar-refractivity contribution in [2.75, 3.05) is 6.54 Å². The summed E-state index contributed by atoms with van der Waals surface area (Å²) < 4.78 is 51.5. The van der Waals surface area contributed by atoms with Gasteiger partial charge < -0.3 is 0 Å². The van der Waals surface area contributed by atoms with E-state index in [1.807, 2.05) is 0 Å². The van der Waals surface area contributed by atoms with Gasteiger partial charge in [-0.05, 0) is 30.2 Å². The van der Waals surface area contributed by atoms with E-state index in [9.17, 15) is 17.6 Å². The lowest BCUT2D eigenvalue weighted by Crippen LogP contribution is -2.16. The van der Waals surface area contributed by atoms with Gasteiger partial charge in [0, 0.05) is 17.7 Å². The van der Waals surface area contributed by atoms with Crippen LogP contribution in [-0.2, 0) is 12.6 Å². The van der Waals surface area contributed by atoms with Crippen LogP contribution in [0.5, 0.6) is 0 Å². The third-order valence-electron chi connectivity index (χ3n) is 3.49. The highest BCUT2D eigenvalue weighted by Crippen LogP contribution is 2.30. The second-order valence-electron chi connectivity index (χ2n) is 4.82. The number of benzene rings is 2. The molecule has 2 aromatic rings. The molecule has 3 rings (SSSR count). The lowest BCUT2D eigenvalue weighted by Gasteiger charge is -2.18. The summed E-state index contributed by atoms with van der Waals surface area (Å²) >= 11 is 0. The molecule has 0 fully saturated rings. The second-order valence-corrected chi connectivity index (χ2v) is 4.82. The molecule has 0 spiro atoms. The highest BCUT2D eigenvalue weighted by molar-refractivity contribution is 6.14. The fourth-order valence-electron chi connectivity index (χ4n) is 2.46. The fourth-order valence-corrected chi connectivity index (χ4v) is 2.46. The molecule has 2 aromatic carbocycles. The van der Waals surface area contributed by atoms with Gasteiger partial charge in [0.15, 0.2) is 0 Å². The second kappa shape index (κ2) is 4.98. The first-order valence-electron chi connectivity index (χ1n) is 6.46. The minimum Gasteiger partial charge on any atom is -0.284 e. The molecule has 108 valence electrons. The van der Waals surface area contributed by atoms with E-state index >= 15 is 0 Å². The van der Waals surface area contributed by atoms with Crippen LogP contribution in [0.2, 0.25) is 0 Å². The summed E-state index contributed by atoms with van der Waals surface area (Å²) in [4.78, 5) is 4.34. The van der Waals surface area contributed by atoms with Crippen LogP contribution in [0.1, 0.15) is 22.3 Å². The molecule has 1 aliphatic heterocycles. The Morgan fingerprint density at radius 3 is 2.33 bits per heavy atom. The molecular formula is C16H11F4N. The summed E-state index contributed by atoms with van der Waals surface area (Å²) in [6, 6.07) is 9.50. The molecule has 0 saturated carbocycles. The van der Waals surface area contributed by atoms with Gasteiger partial charge in [-0.15, -0.1) is 0 Å². The number of halogens is 4. The lowest BCUT2D eigenvalue weighted by molar-refractivity contribution is -0.137. The Morgan fingerprint density at radius 2 is 1.67 bits per heavy atom. The summed E-state index contributed by atoms with van der Waals surface area (Å²) in [5, 5.41) is 0. The van der Waals surface area contributed by atoms with Crippen molar-refractivity contribution < 1.29 is 17.6 Å². The van der Waals surface area contributed by atoms with Gasteiger partial charge in [-0.25, -0.2) is 4.39 Å². The van der Waals surface area contributed by atoms with Gasteiger partial charge >= 0.3 is 6.18 Å². The fraction of sp³-hybridized carbons (Fsp3) is 0.188. The molecule has 0 amide bonds. The van der Waals surface area contributed by atoms with Crippen LogP contribution in [0.25, 0.3) is 0 Å². The number of hydrogen-bond donors (Lipinski definition) is 0. The molecule has 0 N–H and O–H groups in total. The molecule has 1 aliphatic rings. The van der Waals surface area contributed by atoms with E-state index in [1.165, 1.54) is 18.2 Å². The number of hydrogen-bond acceptors (Lipinski definition) is 1. The molecular weight excluding hydrogens is 282 g/mol. The van der Waals surface area contributed by atoms with E-state index < -0.39 is 11.7 Å². The third-order valence-corrected chi connectivity index (χ3v) is 3.49. The number of aliphatic imine (C=N–C) groups is 1. The van der Waals surface area contributed by atoms with Crippen LogP contribution >= 0.6 is 0 Å². The van der Waals surface area contributed by atoms with Crippen LogP contribution in [0, 0.1) is 5.82 Å². The van der Waals surface area contributed by atoms with Crippen LogP contribution in [-0.4, -0.2) is 12.3 Å². The standard InChI is InChI=1S/C16H11F4N/c17-14-3-1-2-13-12(14)8-9-21-15(13)10-4-6-11(7-5-10)16(18,19)20/h1-7H,8-9H2. The van der Waals surface area contributed by atoms with Crippen LogP contribution in [0.4, 0.5) is 17.6 Å². The maximum absolute atomic E-state index is 13.8. The zero-order valence-electron chi connectivity index (χ0n) is 10.9. The normalized spacial score (nSPS) is 14.6. The molecule has 0 unspecified atom stereocenters. The first kappa shape index (κ1) is 13.8. The van der Waals surface area contributed by atoms with E-state index in [2.05, 4.69) is 4.99 Å². The van der Waals surface area contributed by atoms with Crippen molar-refractivity contribution in [1.82, 2.24) is 0 Å². The molecule has 5 heteroatoms. The quantitative estimate of drug-likeness (QED) is 0.697. The summed E-state index contributed by atoms with van der Waals surface area (Å²) in [7, 11) is 0. The molecule has 0 saturated heterocycles. The Labute approximate surface area is 118 Å². The average Bonchev–Trinajstić information content (AvgIpc) is 2.46. The molecule has 0 aromatic heterocycles. The predicted molar refractivity (Wildman–Crippen MR) is 72.1 cm³/mol. The topological polar surface area (TPSA) is 12.4 Å². The first-order chi connectivity index (χ1) is 9.97. The van der Waals surface area contributed by atoms with Crippen molar-refractivity contribution in [3.05, 3.63) is 70.5 Å². The zero-order valence-corrected chi connectivity index (χ0v) is 10.9. The van der Waals surface area contributed by atoms with Crippen molar-refractivity contribution in [1.29, 1.82) is 0 Å². The molecule has 0 atom stereocenters. The van der Waals surface area contributed by atoms with Crippen LogP contribution in [0.3, 0.4) is 0 Å². The molecule has 0 aliphatic carbocycles. The van der Waals surface area contributed by atoms with Gasteiger partial charge in [0.05, 0.1) is 11.3 Å². The minimum absolute atomic E-state index is 0.299. The highest BCUT2D eigenvalue weighted by atomic mass is 19.4. The summed E-state index contributed by atoms with van der Waals surface area (Å²) in [5.74, 6) is -0.299. The molecule has 1 nitrogen and oxygen atoms in total. The van der Waals surface area contributed by atoms with Gasteiger partial charge in [-0.1, -0.05) is 24.3 Å². The summed E-state index contributed by atoms with van der Waals surface area (Å²) in [5.41, 5.74) is 1.63. The van der Waals surface area contributed by atoms with E-state index in [0.717, 1.165) is 12.1 Å². The Balaban J connectivity index is 2.03. The zero-order chi connectivity index (χ0) is 15.0. The van der Waals surface area contributed by atoms with Crippen molar-refractivity contribution in [2.45, 2.75) is 12.6 Å². The van der Waals surface area contributed by atoms with E-state index in [1.54, 1.807) is 12.1 Å². The van der Waals surface area contributed by atoms with Gasteiger partial charge in [0.2, 0.25) is 0 Å². The Bertz CT molecular complexity index is 699.